The van der Waals surface area contributed by atoms with E-state index < -0.39 is 11.7 Å². The van der Waals surface area contributed by atoms with E-state index in [0.717, 1.165) is 12.1 Å². The van der Waals surface area contributed by atoms with Crippen LogP contribution in [0.4, 0.5) is 18.9 Å². The van der Waals surface area contributed by atoms with E-state index in [1.807, 2.05) is 20.8 Å². The highest BCUT2D eigenvalue weighted by Gasteiger charge is 2.30. The molecule has 0 fully saturated rings. The fourth-order valence-electron chi connectivity index (χ4n) is 1.47. The zero-order valence-corrected chi connectivity index (χ0v) is 12.7. The molecule has 0 aliphatic heterocycles. The summed E-state index contributed by atoms with van der Waals surface area (Å²) in [6, 6.07) is 3.58. The Labute approximate surface area is 119 Å². The molecule has 1 aromatic rings. The van der Waals surface area contributed by atoms with Gasteiger partial charge in [-0.15, -0.1) is 0 Å². The predicted molar refractivity (Wildman–Crippen MR) is 75.4 cm³/mol. The molecule has 2 N–H and O–H groups in total. The number of nitrogens with one attached hydrogen (secondary N) is 2. The first-order valence-electron chi connectivity index (χ1n) is 5.95. The highest BCUT2D eigenvalue weighted by atomic mass is 79.9. The topological polar surface area (TPSA) is 24.1 Å². The fraction of sp³-hybridized carbons (Fsp3) is 0.538. The van der Waals surface area contributed by atoms with Gasteiger partial charge in [-0.1, -0.05) is 0 Å². The summed E-state index contributed by atoms with van der Waals surface area (Å²) >= 11 is 3.24. The number of rotatable bonds is 4. The van der Waals surface area contributed by atoms with Gasteiger partial charge in [0.15, 0.2) is 0 Å². The number of halogens is 4. The van der Waals surface area contributed by atoms with Crippen LogP contribution in [0.1, 0.15) is 26.3 Å². The van der Waals surface area contributed by atoms with E-state index in [1.165, 1.54) is 6.07 Å². The first-order chi connectivity index (χ1) is 8.59. The van der Waals surface area contributed by atoms with Crippen molar-refractivity contribution in [1.82, 2.24) is 5.32 Å². The lowest BCUT2D eigenvalue weighted by atomic mass is 10.1. The van der Waals surface area contributed by atoms with Crippen LogP contribution in [0.3, 0.4) is 0 Å². The van der Waals surface area contributed by atoms with Crippen LogP contribution in [0.25, 0.3) is 0 Å². The molecule has 1 rings (SSSR count). The predicted octanol–water partition coefficient (Wildman–Crippen LogP) is 4.27. The van der Waals surface area contributed by atoms with Gasteiger partial charge in [0.2, 0.25) is 0 Å². The average molecular weight is 339 g/mol. The summed E-state index contributed by atoms with van der Waals surface area (Å²) in [5, 5.41) is 6.25. The van der Waals surface area contributed by atoms with Gasteiger partial charge in [0.25, 0.3) is 0 Å². The first-order valence-corrected chi connectivity index (χ1v) is 6.74. The maximum Gasteiger partial charge on any atom is 0.416 e. The Morgan fingerprint density at radius 1 is 1.11 bits per heavy atom. The Bertz CT molecular complexity index is 425. The third kappa shape index (κ3) is 5.82. The van der Waals surface area contributed by atoms with Crippen molar-refractivity contribution < 1.29 is 13.2 Å². The lowest BCUT2D eigenvalue weighted by molar-refractivity contribution is -0.137. The Kier molecular flexibility index (Phi) is 5.26. The van der Waals surface area contributed by atoms with Gasteiger partial charge >= 0.3 is 6.18 Å². The second-order valence-corrected chi connectivity index (χ2v) is 6.15. The molecule has 2 nitrogen and oxygen atoms in total. The summed E-state index contributed by atoms with van der Waals surface area (Å²) in [5.41, 5.74) is -0.209. The monoisotopic (exact) mass is 338 g/mol. The smallest absolute Gasteiger partial charge is 0.383 e. The van der Waals surface area contributed by atoms with Gasteiger partial charge in [0.1, 0.15) is 0 Å². The van der Waals surface area contributed by atoms with Gasteiger partial charge in [-0.05, 0) is 54.9 Å². The van der Waals surface area contributed by atoms with E-state index in [0.29, 0.717) is 23.2 Å². The molecule has 0 amide bonds. The minimum absolute atomic E-state index is 0.00721. The molecule has 0 bridgehead atoms. The molecule has 0 heterocycles. The van der Waals surface area contributed by atoms with Crippen molar-refractivity contribution >= 4 is 21.6 Å². The molecule has 0 saturated heterocycles. The molecule has 0 aliphatic carbocycles. The normalized spacial score (nSPS) is 12.6. The van der Waals surface area contributed by atoms with Crippen molar-refractivity contribution in [3.05, 3.63) is 28.2 Å². The largest absolute Gasteiger partial charge is 0.416 e. The van der Waals surface area contributed by atoms with Crippen LogP contribution in [0.15, 0.2) is 22.7 Å². The SMILES string of the molecule is CC(C)(C)NCCNc1cc(C(F)(F)F)ccc1Br. The van der Waals surface area contributed by atoms with Crippen molar-refractivity contribution in [2.24, 2.45) is 0 Å². The van der Waals surface area contributed by atoms with Gasteiger partial charge < -0.3 is 10.6 Å². The molecule has 108 valence electrons. The number of benzene rings is 1. The van der Waals surface area contributed by atoms with Gasteiger partial charge in [-0.2, -0.15) is 13.2 Å². The number of alkyl halides is 3. The summed E-state index contributed by atoms with van der Waals surface area (Å²) < 4.78 is 38.4. The van der Waals surface area contributed by atoms with Crippen LogP contribution in [-0.4, -0.2) is 18.6 Å². The summed E-state index contributed by atoms with van der Waals surface area (Å²) in [4.78, 5) is 0. The lowest BCUT2D eigenvalue weighted by Crippen LogP contribution is -2.38. The molecule has 0 atom stereocenters. The zero-order valence-electron chi connectivity index (χ0n) is 11.2. The van der Waals surface area contributed by atoms with Gasteiger partial charge in [-0.25, -0.2) is 0 Å². The standard InChI is InChI=1S/C13H18BrF3N2/c1-12(2,3)19-7-6-18-11-8-9(13(15,16)17)4-5-10(11)14/h4-5,8,18-19H,6-7H2,1-3H3. The minimum Gasteiger partial charge on any atom is -0.383 e. The third-order valence-corrected chi connectivity index (χ3v) is 3.08. The molecule has 1 aromatic carbocycles. The molecular formula is C13H18BrF3N2. The van der Waals surface area contributed by atoms with Crippen molar-refractivity contribution in [1.29, 1.82) is 0 Å². The second kappa shape index (κ2) is 6.13. The Morgan fingerprint density at radius 3 is 2.26 bits per heavy atom. The highest BCUT2D eigenvalue weighted by molar-refractivity contribution is 9.10. The quantitative estimate of drug-likeness (QED) is 0.801. The maximum absolute atomic E-state index is 12.6. The highest BCUT2D eigenvalue weighted by Crippen LogP contribution is 2.33. The summed E-state index contributed by atoms with van der Waals surface area (Å²) in [6.45, 7) is 7.33. The van der Waals surface area contributed by atoms with Crippen LogP contribution >= 0.6 is 15.9 Å². The van der Waals surface area contributed by atoms with Gasteiger partial charge in [0, 0.05) is 28.8 Å². The Balaban J connectivity index is 2.63. The van der Waals surface area contributed by atoms with E-state index >= 15 is 0 Å². The van der Waals surface area contributed by atoms with Crippen LogP contribution in [0, 0.1) is 0 Å². The second-order valence-electron chi connectivity index (χ2n) is 5.30. The molecular weight excluding hydrogens is 321 g/mol. The summed E-state index contributed by atoms with van der Waals surface area (Å²) in [6.07, 6.45) is -4.32. The van der Waals surface area contributed by atoms with Crippen LogP contribution in [0.2, 0.25) is 0 Å². The molecule has 0 spiro atoms. The molecule has 0 saturated carbocycles. The van der Waals surface area contributed by atoms with E-state index in [4.69, 9.17) is 0 Å². The minimum atomic E-state index is -4.32. The molecule has 0 unspecified atom stereocenters. The summed E-state index contributed by atoms with van der Waals surface area (Å²) in [7, 11) is 0. The molecule has 0 aliphatic rings. The Hall–Kier alpha value is -0.750. The third-order valence-electron chi connectivity index (χ3n) is 2.39. The number of hydrogen-bond donors (Lipinski definition) is 2. The van der Waals surface area contributed by atoms with Crippen LogP contribution < -0.4 is 10.6 Å². The molecule has 0 radical (unpaired) electrons. The number of anilines is 1. The van der Waals surface area contributed by atoms with Crippen molar-refractivity contribution in [2.45, 2.75) is 32.5 Å². The van der Waals surface area contributed by atoms with Crippen molar-refractivity contribution in [3.8, 4) is 0 Å². The summed E-state index contributed by atoms with van der Waals surface area (Å²) in [5.74, 6) is 0. The van der Waals surface area contributed by atoms with Gasteiger partial charge in [0.05, 0.1) is 5.56 Å². The number of hydrogen-bond acceptors (Lipinski definition) is 2. The fourth-order valence-corrected chi connectivity index (χ4v) is 1.86. The maximum atomic E-state index is 12.6. The van der Waals surface area contributed by atoms with Crippen molar-refractivity contribution in [3.63, 3.8) is 0 Å². The Morgan fingerprint density at radius 2 is 1.74 bits per heavy atom. The van der Waals surface area contributed by atoms with Crippen molar-refractivity contribution in [2.75, 3.05) is 18.4 Å². The average Bonchev–Trinajstić information content (AvgIpc) is 2.23. The van der Waals surface area contributed by atoms with E-state index in [2.05, 4.69) is 26.6 Å². The molecule has 19 heavy (non-hydrogen) atoms. The molecule has 6 heteroatoms. The first kappa shape index (κ1) is 16.3. The lowest BCUT2D eigenvalue weighted by Gasteiger charge is -2.21. The van der Waals surface area contributed by atoms with E-state index in [9.17, 15) is 13.2 Å². The van der Waals surface area contributed by atoms with Gasteiger partial charge in [-0.3, -0.25) is 0 Å². The van der Waals surface area contributed by atoms with E-state index in [-0.39, 0.29) is 5.54 Å². The zero-order chi connectivity index (χ0) is 14.7. The van der Waals surface area contributed by atoms with Crippen LogP contribution in [-0.2, 0) is 6.18 Å². The van der Waals surface area contributed by atoms with E-state index in [1.54, 1.807) is 0 Å². The molecule has 0 aromatic heterocycles. The van der Waals surface area contributed by atoms with Crippen LogP contribution in [0.5, 0.6) is 0 Å².